The summed E-state index contributed by atoms with van der Waals surface area (Å²) in [6, 6.07) is 8.94. The van der Waals surface area contributed by atoms with Gasteiger partial charge in [-0.05, 0) is 55.8 Å². The zero-order valence-corrected chi connectivity index (χ0v) is 16.5. The number of nitrogens with zero attached hydrogens (tertiary/aromatic N) is 2. The van der Waals surface area contributed by atoms with Crippen LogP contribution in [-0.4, -0.2) is 31.9 Å². The molecule has 1 spiro atoms. The van der Waals surface area contributed by atoms with E-state index in [9.17, 15) is 10.1 Å². The minimum Gasteiger partial charge on any atom is -0.497 e. The molecule has 0 saturated heterocycles. The third-order valence-corrected chi connectivity index (χ3v) is 5.92. The van der Waals surface area contributed by atoms with Crippen molar-refractivity contribution < 1.29 is 19.1 Å². The fraction of sp³-hybridized carbons (Fsp3) is 0.333. The molecule has 0 bridgehead atoms. The molecule has 4 rings (SSSR count). The van der Waals surface area contributed by atoms with Gasteiger partial charge in [0.15, 0.2) is 11.5 Å². The normalized spacial score (nSPS) is 21.1. The van der Waals surface area contributed by atoms with Crippen LogP contribution in [0.4, 0.5) is 11.4 Å². The van der Waals surface area contributed by atoms with Gasteiger partial charge in [-0.3, -0.25) is 10.1 Å². The number of likely N-dealkylation sites (N-methyl/N-ethyl adjacent to an activating group) is 1. The van der Waals surface area contributed by atoms with Crippen LogP contribution >= 0.6 is 0 Å². The average molecular weight is 382 g/mol. The van der Waals surface area contributed by atoms with Gasteiger partial charge in [0.25, 0.3) is 5.69 Å². The van der Waals surface area contributed by atoms with Crippen molar-refractivity contribution in [3.8, 4) is 17.2 Å². The first-order chi connectivity index (χ1) is 13.3. The summed E-state index contributed by atoms with van der Waals surface area (Å²) in [6.45, 7) is 4.18. The number of rotatable bonds is 3. The number of nitro groups is 1. The summed E-state index contributed by atoms with van der Waals surface area (Å²) in [5.74, 6) is 1.60. The summed E-state index contributed by atoms with van der Waals surface area (Å²) < 4.78 is 17.4. The Hall–Kier alpha value is -3.22. The van der Waals surface area contributed by atoms with Crippen molar-refractivity contribution in [2.45, 2.75) is 25.0 Å². The highest BCUT2D eigenvalue weighted by Gasteiger charge is 2.58. The molecule has 2 aliphatic rings. The van der Waals surface area contributed by atoms with Gasteiger partial charge in [-0.1, -0.05) is 0 Å². The molecular weight excluding hydrogens is 360 g/mol. The molecule has 7 nitrogen and oxygen atoms in total. The van der Waals surface area contributed by atoms with Crippen molar-refractivity contribution in [2.75, 3.05) is 26.2 Å². The van der Waals surface area contributed by atoms with E-state index in [2.05, 4.69) is 18.7 Å². The quantitative estimate of drug-likeness (QED) is 0.587. The number of hydrogen-bond acceptors (Lipinski definition) is 6. The molecule has 0 amide bonds. The predicted molar refractivity (Wildman–Crippen MR) is 106 cm³/mol. The van der Waals surface area contributed by atoms with Crippen LogP contribution in [0.25, 0.3) is 6.08 Å². The van der Waals surface area contributed by atoms with Gasteiger partial charge in [0, 0.05) is 18.8 Å². The Kier molecular flexibility index (Phi) is 3.82. The van der Waals surface area contributed by atoms with Gasteiger partial charge in [0.05, 0.1) is 30.1 Å². The van der Waals surface area contributed by atoms with E-state index in [1.54, 1.807) is 19.3 Å². The van der Waals surface area contributed by atoms with Crippen molar-refractivity contribution in [3.05, 3.63) is 57.6 Å². The fourth-order valence-electron chi connectivity index (χ4n) is 4.28. The summed E-state index contributed by atoms with van der Waals surface area (Å²) in [6.07, 6.45) is 3.66. The summed E-state index contributed by atoms with van der Waals surface area (Å²) >= 11 is 0. The lowest BCUT2D eigenvalue weighted by Crippen LogP contribution is -2.58. The van der Waals surface area contributed by atoms with Crippen LogP contribution in [0, 0.1) is 10.1 Å². The molecule has 0 aromatic heterocycles. The molecule has 0 fully saturated rings. The highest BCUT2D eigenvalue weighted by Crippen LogP contribution is 2.56. The Balaban J connectivity index is 1.91. The zero-order chi connectivity index (χ0) is 20.3. The first-order valence-corrected chi connectivity index (χ1v) is 8.93. The molecular formula is C21H22N2O5. The predicted octanol–water partition coefficient (Wildman–Crippen LogP) is 4.14. The molecule has 1 atom stereocenters. The number of fused-ring (bicyclic) bond motifs is 2. The Bertz CT molecular complexity index is 1010. The number of ether oxygens (including phenoxy) is 3. The Morgan fingerprint density at radius 2 is 1.89 bits per heavy atom. The fourth-order valence-corrected chi connectivity index (χ4v) is 4.28. The molecule has 0 aliphatic carbocycles. The van der Waals surface area contributed by atoms with Crippen molar-refractivity contribution in [1.82, 2.24) is 0 Å². The van der Waals surface area contributed by atoms with E-state index in [1.165, 1.54) is 13.2 Å². The van der Waals surface area contributed by atoms with E-state index < -0.39 is 16.1 Å². The first-order valence-electron chi connectivity index (χ1n) is 8.93. The summed E-state index contributed by atoms with van der Waals surface area (Å²) in [5.41, 5.74) is 1.16. The third-order valence-electron chi connectivity index (χ3n) is 5.92. The van der Waals surface area contributed by atoms with Crippen molar-refractivity contribution >= 4 is 17.5 Å². The highest BCUT2D eigenvalue weighted by atomic mass is 16.6. The topological polar surface area (TPSA) is 74.1 Å². The molecule has 7 heteroatoms. The van der Waals surface area contributed by atoms with Gasteiger partial charge in [-0.25, -0.2) is 0 Å². The van der Waals surface area contributed by atoms with Gasteiger partial charge in [-0.2, -0.15) is 0 Å². The highest BCUT2D eigenvalue weighted by molar-refractivity contribution is 5.77. The van der Waals surface area contributed by atoms with Crippen LogP contribution in [0.5, 0.6) is 17.2 Å². The number of nitro benzene ring substituents is 1. The van der Waals surface area contributed by atoms with Crippen LogP contribution in [-0.2, 0) is 5.41 Å². The van der Waals surface area contributed by atoms with Crippen LogP contribution in [0.15, 0.2) is 36.4 Å². The second-order valence-corrected chi connectivity index (χ2v) is 7.49. The smallest absolute Gasteiger partial charge is 0.280 e. The second-order valence-electron chi connectivity index (χ2n) is 7.49. The van der Waals surface area contributed by atoms with Crippen molar-refractivity contribution in [1.29, 1.82) is 0 Å². The van der Waals surface area contributed by atoms with Gasteiger partial charge < -0.3 is 19.1 Å². The number of methoxy groups -OCH3 is 2. The Morgan fingerprint density at radius 3 is 2.54 bits per heavy atom. The summed E-state index contributed by atoms with van der Waals surface area (Å²) in [7, 11) is 5.12. The third kappa shape index (κ3) is 2.16. The molecule has 2 aromatic rings. The van der Waals surface area contributed by atoms with Crippen molar-refractivity contribution in [3.63, 3.8) is 0 Å². The largest absolute Gasteiger partial charge is 0.497 e. The van der Waals surface area contributed by atoms with Gasteiger partial charge >= 0.3 is 0 Å². The molecule has 0 N–H and O–H groups in total. The molecule has 2 heterocycles. The maximum atomic E-state index is 11.5. The van der Waals surface area contributed by atoms with E-state index in [-0.39, 0.29) is 5.69 Å². The Labute approximate surface area is 163 Å². The lowest BCUT2D eigenvalue weighted by Gasteiger charge is -2.45. The van der Waals surface area contributed by atoms with Crippen LogP contribution in [0.1, 0.15) is 25.0 Å². The molecule has 2 aromatic carbocycles. The van der Waals surface area contributed by atoms with E-state index in [0.29, 0.717) is 17.1 Å². The van der Waals surface area contributed by atoms with Crippen LogP contribution in [0.3, 0.4) is 0 Å². The molecule has 0 saturated carbocycles. The SMILES string of the molecule is COc1ccc2c(c1)C(C)(C)C1(C=Cc3c([N+](=O)[O-])ccc(OC)c3O1)N2C. The molecule has 146 valence electrons. The average Bonchev–Trinajstić information content (AvgIpc) is 2.85. The number of hydrogen-bond donors (Lipinski definition) is 0. The lowest BCUT2D eigenvalue weighted by atomic mass is 9.76. The number of benzene rings is 2. The lowest BCUT2D eigenvalue weighted by molar-refractivity contribution is -0.385. The van der Waals surface area contributed by atoms with Gasteiger partial charge in [0.2, 0.25) is 5.72 Å². The summed E-state index contributed by atoms with van der Waals surface area (Å²) in [5, 5.41) is 11.5. The van der Waals surface area contributed by atoms with Crippen molar-refractivity contribution in [2.24, 2.45) is 0 Å². The van der Waals surface area contributed by atoms with Crippen LogP contribution in [0.2, 0.25) is 0 Å². The Morgan fingerprint density at radius 1 is 1.14 bits per heavy atom. The van der Waals surface area contributed by atoms with Crippen LogP contribution < -0.4 is 19.1 Å². The standard InChI is InChI=1S/C21H22N2O5/c1-20(2)15-12-13(26-4)6-7-17(15)22(3)21(20)11-10-14-16(23(24)25)8-9-18(27-5)19(14)28-21/h6-12H,1-5H3. The van der Waals surface area contributed by atoms with E-state index in [1.807, 2.05) is 31.3 Å². The maximum absolute atomic E-state index is 11.5. The number of anilines is 1. The minimum atomic E-state index is -0.864. The maximum Gasteiger partial charge on any atom is 0.280 e. The molecule has 28 heavy (non-hydrogen) atoms. The molecule has 2 aliphatic heterocycles. The zero-order valence-electron chi connectivity index (χ0n) is 16.5. The van der Waals surface area contributed by atoms with E-state index in [0.717, 1.165) is 17.0 Å². The molecule has 1 unspecified atom stereocenters. The molecule has 0 radical (unpaired) electrons. The first kappa shape index (κ1) is 18.2. The second kappa shape index (κ2) is 5.89. The monoisotopic (exact) mass is 382 g/mol. The van der Waals surface area contributed by atoms with E-state index in [4.69, 9.17) is 14.2 Å². The summed E-state index contributed by atoms with van der Waals surface area (Å²) in [4.78, 5) is 13.1. The van der Waals surface area contributed by atoms with E-state index >= 15 is 0 Å². The van der Waals surface area contributed by atoms with Gasteiger partial charge in [0.1, 0.15) is 5.75 Å². The van der Waals surface area contributed by atoms with Gasteiger partial charge in [-0.15, -0.1) is 0 Å². The minimum absolute atomic E-state index is 0.0143.